The number of aliphatic hydroxyl groups excluding tert-OH is 2. The van der Waals surface area contributed by atoms with Crippen LogP contribution in [0.25, 0.3) is 0 Å². The molecule has 0 aromatic heterocycles. The highest BCUT2D eigenvalue weighted by molar-refractivity contribution is 5.88. The lowest BCUT2D eigenvalue weighted by atomic mass is 9.61. The minimum Gasteiger partial charge on any atom is -0.388 e. The van der Waals surface area contributed by atoms with Crippen LogP contribution >= 0.6 is 0 Å². The number of aliphatic hydroxyl groups is 2. The second-order valence-electron chi connectivity index (χ2n) is 9.55. The molecule has 0 radical (unpaired) electrons. The molecule has 26 heavy (non-hydrogen) atoms. The van der Waals surface area contributed by atoms with E-state index in [0.29, 0.717) is 18.6 Å². The first-order valence-electron chi connectivity index (χ1n) is 9.92. The molecule has 1 unspecified atom stereocenters. The SMILES string of the molecule is CN(C)[C@H]1C[C@@]23CC[C@@]4(O2)C(=CCC2(C)C(=O)CC[C@H]24)C=C3[C@@H](O)[C@@H]1O. The molecule has 2 aliphatic heterocycles. The quantitative estimate of drug-likeness (QED) is 0.744. The van der Waals surface area contributed by atoms with Crippen molar-refractivity contribution in [2.75, 3.05) is 14.1 Å². The van der Waals surface area contributed by atoms with Crippen LogP contribution in [0.15, 0.2) is 23.3 Å². The molecule has 142 valence electrons. The van der Waals surface area contributed by atoms with Gasteiger partial charge in [0.2, 0.25) is 0 Å². The van der Waals surface area contributed by atoms with E-state index < -0.39 is 17.8 Å². The van der Waals surface area contributed by atoms with Crippen molar-refractivity contribution in [3.63, 3.8) is 0 Å². The van der Waals surface area contributed by atoms with E-state index in [1.54, 1.807) is 0 Å². The number of fused-ring (bicyclic) bond motifs is 1. The number of nitrogens with zero attached hydrogens (tertiary/aromatic N) is 1. The Morgan fingerprint density at radius 3 is 2.77 bits per heavy atom. The predicted molar refractivity (Wildman–Crippen MR) is 96.5 cm³/mol. The van der Waals surface area contributed by atoms with Gasteiger partial charge >= 0.3 is 0 Å². The Morgan fingerprint density at radius 1 is 1.27 bits per heavy atom. The van der Waals surface area contributed by atoms with Crippen molar-refractivity contribution in [1.82, 2.24) is 4.90 Å². The average molecular weight is 359 g/mol. The number of ether oxygens (including phenoxy) is 1. The van der Waals surface area contributed by atoms with Crippen LogP contribution in [-0.4, -0.2) is 64.4 Å². The molecule has 1 saturated heterocycles. The van der Waals surface area contributed by atoms with Gasteiger partial charge in [-0.2, -0.15) is 0 Å². The van der Waals surface area contributed by atoms with Crippen molar-refractivity contribution in [3.8, 4) is 0 Å². The van der Waals surface area contributed by atoms with Crippen LogP contribution in [0.4, 0.5) is 0 Å². The number of Topliss-reactive ketones (excluding diaryl/α,β-unsaturated/α-hetero) is 1. The van der Waals surface area contributed by atoms with Crippen molar-refractivity contribution < 1.29 is 19.7 Å². The van der Waals surface area contributed by atoms with E-state index in [0.717, 1.165) is 36.8 Å². The Morgan fingerprint density at radius 2 is 2.04 bits per heavy atom. The van der Waals surface area contributed by atoms with Gasteiger partial charge in [-0.3, -0.25) is 4.79 Å². The molecule has 7 atom stereocenters. The third kappa shape index (κ3) is 1.83. The normalized spacial score (nSPS) is 52.3. The van der Waals surface area contributed by atoms with E-state index in [1.807, 2.05) is 19.0 Å². The Hall–Kier alpha value is -1.01. The fourth-order valence-electron chi connectivity index (χ4n) is 6.70. The third-order valence-electron chi connectivity index (χ3n) is 8.22. The minimum atomic E-state index is -0.897. The number of rotatable bonds is 1. The number of hydrogen-bond donors (Lipinski definition) is 2. The third-order valence-corrected chi connectivity index (χ3v) is 8.22. The van der Waals surface area contributed by atoms with E-state index in [9.17, 15) is 15.0 Å². The highest BCUT2D eigenvalue weighted by Crippen LogP contribution is 2.65. The smallest absolute Gasteiger partial charge is 0.139 e. The Labute approximate surface area is 154 Å². The van der Waals surface area contributed by atoms with Gasteiger partial charge in [0.1, 0.15) is 11.9 Å². The van der Waals surface area contributed by atoms with Gasteiger partial charge in [0, 0.05) is 23.8 Å². The fourth-order valence-corrected chi connectivity index (χ4v) is 6.70. The van der Waals surface area contributed by atoms with Gasteiger partial charge in [-0.05, 0) is 57.3 Å². The highest BCUT2D eigenvalue weighted by atomic mass is 16.5. The first kappa shape index (κ1) is 17.1. The number of hydrogen-bond acceptors (Lipinski definition) is 5. The first-order chi connectivity index (χ1) is 12.2. The lowest BCUT2D eigenvalue weighted by Crippen LogP contribution is -2.62. The predicted octanol–water partition coefficient (Wildman–Crippen LogP) is 1.59. The second-order valence-corrected chi connectivity index (χ2v) is 9.55. The molecule has 5 heteroatoms. The van der Waals surface area contributed by atoms with Gasteiger partial charge in [-0.1, -0.05) is 19.1 Å². The van der Waals surface area contributed by atoms with Crippen LogP contribution < -0.4 is 0 Å². The number of carbonyl (C=O) groups excluding carboxylic acids is 1. The van der Waals surface area contributed by atoms with Crippen LogP contribution in [0.1, 0.15) is 45.4 Å². The molecular weight excluding hydrogens is 330 g/mol. The summed E-state index contributed by atoms with van der Waals surface area (Å²) in [6.45, 7) is 2.12. The summed E-state index contributed by atoms with van der Waals surface area (Å²) in [6.07, 6.45) is 7.32. The summed E-state index contributed by atoms with van der Waals surface area (Å²) in [7, 11) is 3.89. The standard InChI is InChI=1S/C21H29NO4/c1-19-7-6-12-10-13-17(24)18(25)14(22(2)3)11-20(13)8-9-21(12,26-20)15(19)4-5-16(19)23/h6,10,14-15,17-18,24-25H,4-5,7-9,11H2,1-3H3/t14-,15+,17+,18+,19?,20+,21+/m0/s1. The molecule has 3 fully saturated rings. The van der Waals surface area contributed by atoms with E-state index in [4.69, 9.17) is 4.74 Å². The van der Waals surface area contributed by atoms with Crippen LogP contribution in [0, 0.1) is 11.3 Å². The van der Waals surface area contributed by atoms with Crippen molar-refractivity contribution in [2.24, 2.45) is 11.3 Å². The summed E-state index contributed by atoms with van der Waals surface area (Å²) >= 11 is 0. The maximum Gasteiger partial charge on any atom is 0.139 e. The maximum atomic E-state index is 12.6. The Kier molecular flexibility index (Phi) is 3.34. The second kappa shape index (κ2) is 5.07. The number of allylic oxidation sites excluding steroid dienone is 1. The van der Waals surface area contributed by atoms with E-state index in [2.05, 4.69) is 19.1 Å². The van der Waals surface area contributed by atoms with Crippen LogP contribution in [-0.2, 0) is 9.53 Å². The van der Waals surface area contributed by atoms with Gasteiger partial charge < -0.3 is 19.8 Å². The average Bonchev–Trinajstić information content (AvgIpc) is 3.07. The summed E-state index contributed by atoms with van der Waals surface area (Å²) in [5.74, 6) is 0.596. The van der Waals surface area contributed by atoms with Gasteiger partial charge in [0.25, 0.3) is 0 Å². The van der Waals surface area contributed by atoms with Gasteiger partial charge in [-0.25, -0.2) is 0 Å². The molecule has 0 amide bonds. The molecule has 2 N–H and O–H groups in total. The summed E-state index contributed by atoms with van der Waals surface area (Å²) in [6, 6.07) is -0.136. The Balaban J connectivity index is 1.63. The first-order valence-corrected chi connectivity index (χ1v) is 9.92. The molecular formula is C21H29NO4. The summed E-state index contributed by atoms with van der Waals surface area (Å²) in [4.78, 5) is 14.6. The molecule has 5 nitrogen and oxygen atoms in total. The summed E-state index contributed by atoms with van der Waals surface area (Å²) < 4.78 is 6.92. The maximum absolute atomic E-state index is 12.6. The summed E-state index contributed by atoms with van der Waals surface area (Å²) in [5, 5.41) is 21.5. The molecule has 0 aromatic carbocycles. The van der Waals surface area contributed by atoms with Crippen LogP contribution in [0.2, 0.25) is 0 Å². The molecule has 2 spiro atoms. The molecule has 3 aliphatic carbocycles. The zero-order chi connectivity index (χ0) is 18.5. The lowest BCUT2D eigenvalue weighted by Gasteiger charge is -2.55. The lowest BCUT2D eigenvalue weighted by molar-refractivity contribution is -0.167. The molecule has 5 rings (SSSR count). The number of likely N-dealkylation sites (N-methyl/N-ethyl adjacent to an activating group) is 1. The zero-order valence-corrected chi connectivity index (χ0v) is 15.9. The largest absolute Gasteiger partial charge is 0.388 e. The van der Waals surface area contributed by atoms with Crippen molar-refractivity contribution in [3.05, 3.63) is 23.3 Å². The van der Waals surface area contributed by atoms with Gasteiger partial charge in [-0.15, -0.1) is 0 Å². The van der Waals surface area contributed by atoms with Gasteiger partial charge in [0.05, 0.1) is 17.3 Å². The number of ketones is 1. The highest BCUT2D eigenvalue weighted by Gasteiger charge is 2.68. The number of carbonyl (C=O) groups is 1. The summed E-state index contributed by atoms with van der Waals surface area (Å²) in [5.41, 5.74) is 0.771. The van der Waals surface area contributed by atoms with E-state index in [1.165, 1.54) is 0 Å². The molecule has 2 saturated carbocycles. The van der Waals surface area contributed by atoms with E-state index >= 15 is 0 Å². The van der Waals surface area contributed by atoms with Crippen LogP contribution in [0.5, 0.6) is 0 Å². The topological polar surface area (TPSA) is 70.0 Å². The monoisotopic (exact) mass is 359 g/mol. The van der Waals surface area contributed by atoms with Gasteiger partial charge in [0.15, 0.2) is 0 Å². The van der Waals surface area contributed by atoms with Crippen LogP contribution in [0.3, 0.4) is 0 Å². The van der Waals surface area contributed by atoms with Crippen molar-refractivity contribution >= 4 is 5.78 Å². The Bertz CT molecular complexity index is 742. The zero-order valence-electron chi connectivity index (χ0n) is 15.9. The molecule has 2 heterocycles. The fraction of sp³-hybridized carbons (Fsp3) is 0.762. The van der Waals surface area contributed by atoms with Crippen molar-refractivity contribution in [2.45, 2.75) is 74.9 Å². The van der Waals surface area contributed by atoms with Crippen molar-refractivity contribution in [1.29, 1.82) is 0 Å². The molecule has 2 bridgehead atoms. The van der Waals surface area contributed by atoms with E-state index in [-0.39, 0.29) is 23.0 Å². The molecule has 5 aliphatic rings. The minimum absolute atomic E-state index is 0.136. The molecule has 0 aromatic rings.